The largest absolute Gasteiger partial charge is 0.322 e. The third-order valence-electron chi connectivity index (χ3n) is 3.43. The van der Waals surface area contributed by atoms with Crippen LogP contribution in [0.2, 0.25) is 0 Å². The molecule has 0 aliphatic heterocycles. The minimum absolute atomic E-state index is 0.115. The summed E-state index contributed by atoms with van der Waals surface area (Å²) in [6.45, 7) is 3.83. The van der Waals surface area contributed by atoms with Gasteiger partial charge in [-0.25, -0.2) is 0 Å². The fourth-order valence-electron chi connectivity index (χ4n) is 2.42. The lowest BCUT2D eigenvalue weighted by Crippen LogP contribution is -2.15. The molecule has 0 unspecified atom stereocenters. The Balaban J connectivity index is 1.89. The topological polar surface area (TPSA) is 54.9 Å². The van der Waals surface area contributed by atoms with E-state index < -0.39 is 0 Å². The molecular weight excluding hydrogens is 330 g/mol. The molecule has 2 aromatic heterocycles. The summed E-state index contributed by atoms with van der Waals surface area (Å²) in [5.74, 6) is 0.315. The molecule has 1 amide bonds. The molecule has 108 valence electrons. The summed E-state index contributed by atoms with van der Waals surface area (Å²) in [6.07, 6.45) is 3.98. The van der Waals surface area contributed by atoms with Crippen LogP contribution in [0.5, 0.6) is 0 Å². The zero-order chi connectivity index (χ0) is 15.0. The number of hydrogen-bond acceptors (Lipinski definition) is 3. The van der Waals surface area contributed by atoms with Gasteiger partial charge in [0.15, 0.2) is 0 Å². The smallest absolute Gasteiger partial charge is 0.257 e. The van der Waals surface area contributed by atoms with Crippen molar-refractivity contribution < 1.29 is 4.79 Å². The van der Waals surface area contributed by atoms with E-state index >= 15 is 0 Å². The van der Waals surface area contributed by atoms with Gasteiger partial charge in [0.25, 0.3) is 5.91 Å². The van der Waals surface area contributed by atoms with E-state index in [4.69, 9.17) is 0 Å². The average Bonchev–Trinajstić information content (AvgIpc) is 3.21. The molecule has 21 heavy (non-hydrogen) atoms. The number of amides is 1. The molecule has 1 aliphatic rings. The van der Waals surface area contributed by atoms with Gasteiger partial charge in [0, 0.05) is 33.7 Å². The monoisotopic (exact) mass is 345 g/mol. The maximum atomic E-state index is 12.5. The molecule has 2 heterocycles. The number of carbonyl (C=O) groups is 1. The Morgan fingerprint density at radius 2 is 1.90 bits per heavy atom. The highest BCUT2D eigenvalue weighted by Gasteiger charge is 2.29. The summed E-state index contributed by atoms with van der Waals surface area (Å²) < 4.78 is 0.819. The van der Waals surface area contributed by atoms with Crippen molar-refractivity contribution in [3.05, 3.63) is 51.5 Å². The van der Waals surface area contributed by atoms with Crippen LogP contribution in [0.3, 0.4) is 0 Å². The van der Waals surface area contributed by atoms with Gasteiger partial charge in [0.1, 0.15) is 0 Å². The molecule has 1 N–H and O–H groups in total. The van der Waals surface area contributed by atoms with Crippen LogP contribution in [0.1, 0.15) is 46.2 Å². The first-order valence-electron chi connectivity index (χ1n) is 6.95. The summed E-state index contributed by atoms with van der Waals surface area (Å²) in [6, 6.07) is 5.58. The molecule has 0 atom stereocenters. The number of carbonyl (C=O) groups excluding carboxylic acids is 1. The molecule has 0 spiro atoms. The van der Waals surface area contributed by atoms with E-state index in [1.807, 2.05) is 32.0 Å². The molecule has 0 saturated heterocycles. The fraction of sp³-hybridized carbons (Fsp3) is 0.312. The maximum Gasteiger partial charge on any atom is 0.257 e. The van der Waals surface area contributed by atoms with Crippen LogP contribution in [0, 0.1) is 13.8 Å². The second-order valence-electron chi connectivity index (χ2n) is 5.45. The predicted octanol–water partition coefficient (Wildman–Crippen LogP) is 3.99. The fourth-order valence-corrected chi connectivity index (χ4v) is 2.75. The van der Waals surface area contributed by atoms with Crippen molar-refractivity contribution in [3.8, 4) is 0 Å². The molecule has 0 radical (unpaired) electrons. The van der Waals surface area contributed by atoms with Gasteiger partial charge in [-0.1, -0.05) is 0 Å². The Labute approximate surface area is 132 Å². The van der Waals surface area contributed by atoms with Crippen LogP contribution >= 0.6 is 15.9 Å². The molecule has 4 nitrogen and oxygen atoms in total. The van der Waals surface area contributed by atoms with Crippen LogP contribution in [-0.2, 0) is 0 Å². The molecule has 0 aromatic carbocycles. The highest BCUT2D eigenvalue weighted by atomic mass is 79.9. The van der Waals surface area contributed by atoms with Crippen molar-refractivity contribution in [2.75, 3.05) is 5.32 Å². The third-order valence-corrected chi connectivity index (χ3v) is 3.87. The number of aromatic nitrogens is 2. The van der Waals surface area contributed by atoms with E-state index in [1.165, 1.54) is 0 Å². The van der Waals surface area contributed by atoms with Crippen molar-refractivity contribution in [1.29, 1.82) is 0 Å². The van der Waals surface area contributed by atoms with Gasteiger partial charge >= 0.3 is 0 Å². The van der Waals surface area contributed by atoms with E-state index in [0.29, 0.717) is 11.5 Å². The second kappa shape index (κ2) is 5.56. The van der Waals surface area contributed by atoms with Gasteiger partial charge < -0.3 is 5.32 Å². The van der Waals surface area contributed by atoms with Gasteiger partial charge in [-0.3, -0.25) is 14.8 Å². The van der Waals surface area contributed by atoms with Crippen molar-refractivity contribution in [1.82, 2.24) is 9.97 Å². The van der Waals surface area contributed by atoms with Gasteiger partial charge in [0.05, 0.1) is 11.3 Å². The van der Waals surface area contributed by atoms with E-state index in [2.05, 4.69) is 31.2 Å². The minimum atomic E-state index is -0.115. The molecular formula is C16H16BrN3O. The lowest BCUT2D eigenvalue weighted by molar-refractivity contribution is 0.102. The quantitative estimate of drug-likeness (QED) is 0.914. The van der Waals surface area contributed by atoms with Crippen LogP contribution in [0.15, 0.2) is 28.9 Å². The van der Waals surface area contributed by atoms with Crippen molar-refractivity contribution >= 4 is 27.5 Å². The lowest BCUT2D eigenvalue weighted by Gasteiger charge is -2.10. The zero-order valence-electron chi connectivity index (χ0n) is 12.0. The summed E-state index contributed by atoms with van der Waals surface area (Å²) >= 11 is 3.39. The first kappa shape index (κ1) is 14.2. The summed E-state index contributed by atoms with van der Waals surface area (Å²) in [7, 11) is 0. The van der Waals surface area contributed by atoms with Crippen molar-refractivity contribution in [2.45, 2.75) is 32.6 Å². The normalized spacial score (nSPS) is 14.0. The SMILES string of the molecule is Cc1cc(NC(=O)c2cc(Br)cnc2C2CC2)cc(C)n1. The van der Waals surface area contributed by atoms with Crippen molar-refractivity contribution in [2.24, 2.45) is 0 Å². The minimum Gasteiger partial charge on any atom is -0.322 e. The number of aryl methyl sites for hydroxylation is 2. The average molecular weight is 346 g/mol. The zero-order valence-corrected chi connectivity index (χ0v) is 13.6. The van der Waals surface area contributed by atoms with E-state index in [1.54, 1.807) is 6.20 Å². The predicted molar refractivity (Wildman–Crippen MR) is 85.6 cm³/mol. The Morgan fingerprint density at radius 3 is 2.52 bits per heavy atom. The van der Waals surface area contributed by atoms with E-state index in [0.717, 1.165) is 40.1 Å². The molecule has 0 bridgehead atoms. The van der Waals surface area contributed by atoms with Crippen LogP contribution < -0.4 is 5.32 Å². The third kappa shape index (κ3) is 3.29. The standard InChI is InChI=1S/C16H16BrN3O/c1-9-5-13(6-10(2)19-9)20-16(21)14-7-12(17)8-18-15(14)11-3-4-11/h5-8,11H,3-4H2,1-2H3,(H,19,20,21). The van der Waals surface area contributed by atoms with Gasteiger partial charge in [0.2, 0.25) is 0 Å². The Hall–Kier alpha value is -1.75. The molecule has 1 fully saturated rings. The Bertz CT molecular complexity index is 690. The number of hydrogen-bond donors (Lipinski definition) is 1. The molecule has 1 aliphatic carbocycles. The summed E-state index contributed by atoms with van der Waals surface area (Å²) in [5, 5.41) is 2.95. The van der Waals surface area contributed by atoms with Gasteiger partial charge in [-0.15, -0.1) is 0 Å². The van der Waals surface area contributed by atoms with Gasteiger partial charge in [-0.05, 0) is 60.8 Å². The molecule has 3 rings (SSSR count). The number of pyridine rings is 2. The Morgan fingerprint density at radius 1 is 1.24 bits per heavy atom. The van der Waals surface area contributed by atoms with E-state index in [-0.39, 0.29) is 5.91 Å². The van der Waals surface area contributed by atoms with Crippen LogP contribution in [-0.4, -0.2) is 15.9 Å². The number of nitrogens with one attached hydrogen (secondary N) is 1. The number of halogens is 1. The summed E-state index contributed by atoms with van der Waals surface area (Å²) in [5.41, 5.74) is 4.10. The first-order chi connectivity index (χ1) is 10.0. The summed E-state index contributed by atoms with van der Waals surface area (Å²) in [4.78, 5) is 21.3. The molecule has 2 aromatic rings. The van der Waals surface area contributed by atoms with E-state index in [9.17, 15) is 4.79 Å². The highest BCUT2D eigenvalue weighted by molar-refractivity contribution is 9.10. The first-order valence-corrected chi connectivity index (χ1v) is 7.74. The number of rotatable bonds is 3. The van der Waals surface area contributed by atoms with Crippen LogP contribution in [0.4, 0.5) is 5.69 Å². The Kier molecular flexibility index (Phi) is 3.76. The number of anilines is 1. The highest BCUT2D eigenvalue weighted by Crippen LogP contribution is 2.41. The van der Waals surface area contributed by atoms with Gasteiger partial charge in [-0.2, -0.15) is 0 Å². The maximum absolute atomic E-state index is 12.5. The van der Waals surface area contributed by atoms with Crippen LogP contribution in [0.25, 0.3) is 0 Å². The molecule has 5 heteroatoms. The lowest BCUT2D eigenvalue weighted by atomic mass is 10.1. The molecule has 1 saturated carbocycles. The van der Waals surface area contributed by atoms with Crippen molar-refractivity contribution in [3.63, 3.8) is 0 Å². The number of nitrogens with zero attached hydrogens (tertiary/aromatic N) is 2. The second-order valence-corrected chi connectivity index (χ2v) is 6.37.